The van der Waals surface area contributed by atoms with Crippen molar-refractivity contribution in [3.63, 3.8) is 0 Å². The Kier molecular flexibility index (Phi) is 3.50. The quantitative estimate of drug-likeness (QED) is 0.887. The number of hydrogen-bond donors (Lipinski definition) is 1. The maximum absolute atomic E-state index is 11.6. The van der Waals surface area contributed by atoms with Crippen LogP contribution < -0.4 is 15.0 Å². The third kappa shape index (κ3) is 2.30. The van der Waals surface area contributed by atoms with Gasteiger partial charge in [-0.25, -0.2) is 0 Å². The number of rotatable bonds is 3. The first-order valence-electron chi connectivity index (χ1n) is 5.95. The molecule has 5 nitrogen and oxygen atoms in total. The van der Waals surface area contributed by atoms with Crippen molar-refractivity contribution in [1.82, 2.24) is 0 Å². The van der Waals surface area contributed by atoms with E-state index in [1.807, 2.05) is 6.92 Å². The van der Waals surface area contributed by atoms with Gasteiger partial charge in [-0.1, -0.05) is 13.0 Å². The number of benzene rings is 1. The second-order valence-corrected chi connectivity index (χ2v) is 4.19. The van der Waals surface area contributed by atoms with E-state index in [-0.39, 0.29) is 18.4 Å². The Labute approximate surface area is 106 Å². The van der Waals surface area contributed by atoms with E-state index in [2.05, 4.69) is 5.32 Å². The van der Waals surface area contributed by atoms with Crippen molar-refractivity contribution in [2.75, 3.05) is 23.9 Å². The summed E-state index contributed by atoms with van der Waals surface area (Å²) in [4.78, 5) is 24.8. The number of ether oxygens (including phenoxy) is 1. The second-order valence-electron chi connectivity index (χ2n) is 4.19. The minimum atomic E-state index is -0.125. The molecule has 0 bridgehead atoms. The Morgan fingerprint density at radius 2 is 2.28 bits per heavy atom. The monoisotopic (exact) mass is 248 g/mol. The molecule has 1 aliphatic rings. The summed E-state index contributed by atoms with van der Waals surface area (Å²) >= 11 is 0. The highest BCUT2D eigenvalue weighted by molar-refractivity contribution is 6.04. The lowest BCUT2D eigenvalue weighted by atomic mass is 10.2. The van der Waals surface area contributed by atoms with Crippen LogP contribution in [0.15, 0.2) is 18.2 Å². The summed E-state index contributed by atoms with van der Waals surface area (Å²) in [6, 6.07) is 5.35. The van der Waals surface area contributed by atoms with E-state index >= 15 is 0 Å². The summed E-state index contributed by atoms with van der Waals surface area (Å²) in [6.07, 6.45) is 1.24. The van der Waals surface area contributed by atoms with Gasteiger partial charge >= 0.3 is 0 Å². The van der Waals surface area contributed by atoms with Crippen LogP contribution in [0.25, 0.3) is 0 Å². The summed E-state index contributed by atoms with van der Waals surface area (Å²) in [5.74, 6) is 0.434. The van der Waals surface area contributed by atoms with Crippen LogP contribution in [0, 0.1) is 0 Å². The molecule has 18 heavy (non-hydrogen) atoms. The van der Waals surface area contributed by atoms with E-state index in [9.17, 15) is 9.59 Å². The first-order valence-corrected chi connectivity index (χ1v) is 5.95. The van der Waals surface area contributed by atoms with Crippen molar-refractivity contribution in [3.8, 4) is 5.75 Å². The van der Waals surface area contributed by atoms with Crippen molar-refractivity contribution in [1.29, 1.82) is 0 Å². The Hall–Kier alpha value is -2.04. The molecule has 0 radical (unpaired) electrons. The fourth-order valence-electron chi connectivity index (χ4n) is 1.89. The van der Waals surface area contributed by atoms with E-state index in [4.69, 9.17) is 4.74 Å². The van der Waals surface area contributed by atoms with Crippen LogP contribution in [-0.2, 0) is 9.59 Å². The molecule has 0 spiro atoms. The molecule has 2 amide bonds. The van der Waals surface area contributed by atoms with Gasteiger partial charge in [0.15, 0.2) is 6.61 Å². The fraction of sp³-hybridized carbons (Fsp3) is 0.385. The number of nitrogens with one attached hydrogen (secondary N) is 1. The van der Waals surface area contributed by atoms with Crippen LogP contribution >= 0.6 is 0 Å². The first-order chi connectivity index (χ1) is 8.63. The zero-order valence-corrected chi connectivity index (χ0v) is 10.5. The fourth-order valence-corrected chi connectivity index (χ4v) is 1.89. The smallest absolute Gasteiger partial charge is 0.264 e. The van der Waals surface area contributed by atoms with Gasteiger partial charge in [0.1, 0.15) is 11.4 Å². The zero-order chi connectivity index (χ0) is 13.1. The van der Waals surface area contributed by atoms with Crippen LogP contribution in [0.1, 0.15) is 19.8 Å². The van der Waals surface area contributed by atoms with Gasteiger partial charge in [0.05, 0.1) is 5.69 Å². The summed E-state index contributed by atoms with van der Waals surface area (Å²) in [5.41, 5.74) is 1.24. The van der Waals surface area contributed by atoms with E-state index in [0.29, 0.717) is 23.5 Å². The molecule has 0 saturated carbocycles. The molecule has 0 aromatic heterocycles. The highest BCUT2D eigenvalue weighted by Gasteiger charge is 2.25. The van der Waals surface area contributed by atoms with Crippen LogP contribution in [0.2, 0.25) is 0 Å². The SMILES string of the molecule is CCCC(=O)Nc1cccc2c1N(C)C(=O)CO2. The van der Waals surface area contributed by atoms with Gasteiger partial charge in [0.25, 0.3) is 5.91 Å². The molecular weight excluding hydrogens is 232 g/mol. The standard InChI is InChI=1S/C13H16N2O3/c1-3-5-11(16)14-9-6-4-7-10-13(9)15(2)12(17)8-18-10/h4,6-7H,3,5,8H2,1-2H3,(H,14,16). The normalized spacial score (nSPS) is 13.9. The molecule has 0 atom stereocenters. The minimum Gasteiger partial charge on any atom is -0.481 e. The van der Waals surface area contributed by atoms with Gasteiger partial charge < -0.3 is 15.0 Å². The van der Waals surface area contributed by atoms with Gasteiger partial charge in [0, 0.05) is 13.5 Å². The highest BCUT2D eigenvalue weighted by atomic mass is 16.5. The summed E-state index contributed by atoms with van der Waals surface area (Å²) in [5, 5.41) is 2.81. The lowest BCUT2D eigenvalue weighted by molar-refractivity contribution is -0.121. The molecule has 1 aromatic rings. The van der Waals surface area contributed by atoms with E-state index in [1.54, 1.807) is 25.2 Å². The number of anilines is 2. The number of carbonyl (C=O) groups excluding carboxylic acids is 2. The molecule has 0 fully saturated rings. The van der Waals surface area contributed by atoms with E-state index < -0.39 is 0 Å². The number of carbonyl (C=O) groups is 2. The average Bonchev–Trinajstić information content (AvgIpc) is 2.34. The summed E-state index contributed by atoms with van der Waals surface area (Å²) in [6.45, 7) is 1.98. The number of para-hydroxylation sites is 1. The lowest BCUT2D eigenvalue weighted by Crippen LogP contribution is -2.36. The Bertz CT molecular complexity index is 485. The van der Waals surface area contributed by atoms with Crippen molar-refractivity contribution >= 4 is 23.2 Å². The topological polar surface area (TPSA) is 58.6 Å². The van der Waals surface area contributed by atoms with Crippen molar-refractivity contribution in [2.45, 2.75) is 19.8 Å². The molecule has 0 unspecified atom stereocenters. The third-order valence-electron chi connectivity index (χ3n) is 2.81. The first kappa shape index (κ1) is 12.4. The number of amides is 2. The maximum Gasteiger partial charge on any atom is 0.264 e. The van der Waals surface area contributed by atoms with Gasteiger partial charge in [-0.05, 0) is 18.6 Å². The van der Waals surface area contributed by atoms with Crippen molar-refractivity contribution in [3.05, 3.63) is 18.2 Å². The van der Waals surface area contributed by atoms with Crippen molar-refractivity contribution < 1.29 is 14.3 Å². The Morgan fingerprint density at radius 3 is 3.00 bits per heavy atom. The largest absolute Gasteiger partial charge is 0.481 e. The average molecular weight is 248 g/mol. The molecule has 0 saturated heterocycles. The van der Waals surface area contributed by atoms with Crippen LogP contribution in [0.3, 0.4) is 0 Å². The Balaban J connectivity index is 2.32. The van der Waals surface area contributed by atoms with Gasteiger partial charge in [-0.2, -0.15) is 0 Å². The number of likely N-dealkylation sites (N-methyl/N-ethyl adjacent to an activating group) is 1. The van der Waals surface area contributed by atoms with E-state index in [0.717, 1.165) is 6.42 Å². The molecule has 1 aromatic carbocycles. The molecule has 1 N–H and O–H groups in total. The molecule has 96 valence electrons. The molecule has 2 rings (SSSR count). The molecule has 1 aliphatic heterocycles. The number of nitrogens with zero attached hydrogens (tertiary/aromatic N) is 1. The third-order valence-corrected chi connectivity index (χ3v) is 2.81. The molecule has 1 heterocycles. The summed E-state index contributed by atoms with van der Waals surface area (Å²) < 4.78 is 5.35. The van der Waals surface area contributed by atoms with Gasteiger partial charge in [-0.3, -0.25) is 9.59 Å². The van der Waals surface area contributed by atoms with E-state index in [1.165, 1.54) is 4.90 Å². The lowest BCUT2D eigenvalue weighted by Gasteiger charge is -2.28. The van der Waals surface area contributed by atoms with Crippen LogP contribution in [0.4, 0.5) is 11.4 Å². The number of fused-ring (bicyclic) bond motifs is 1. The van der Waals surface area contributed by atoms with Gasteiger partial charge in [0.2, 0.25) is 5.91 Å². The minimum absolute atomic E-state index is 0.0376. The zero-order valence-electron chi connectivity index (χ0n) is 10.5. The highest BCUT2D eigenvalue weighted by Crippen LogP contribution is 2.37. The molecule has 0 aliphatic carbocycles. The molecular formula is C13H16N2O3. The molecule has 5 heteroatoms. The van der Waals surface area contributed by atoms with Gasteiger partial charge in [-0.15, -0.1) is 0 Å². The predicted octanol–water partition coefficient (Wildman–Crippen LogP) is 1.78. The number of hydrogen-bond acceptors (Lipinski definition) is 3. The van der Waals surface area contributed by atoms with Crippen LogP contribution in [-0.4, -0.2) is 25.5 Å². The van der Waals surface area contributed by atoms with Crippen molar-refractivity contribution in [2.24, 2.45) is 0 Å². The second kappa shape index (κ2) is 5.08. The summed E-state index contributed by atoms with van der Waals surface area (Å²) in [7, 11) is 1.68. The Morgan fingerprint density at radius 1 is 1.50 bits per heavy atom. The maximum atomic E-state index is 11.6. The predicted molar refractivity (Wildman–Crippen MR) is 68.9 cm³/mol. The van der Waals surface area contributed by atoms with Crippen LogP contribution in [0.5, 0.6) is 5.75 Å².